The number of carboxylic acid groups (broad SMARTS) is 2. The summed E-state index contributed by atoms with van der Waals surface area (Å²) in [6.07, 6.45) is 1.77. The van der Waals surface area contributed by atoms with Crippen molar-refractivity contribution in [3.63, 3.8) is 0 Å². The first kappa shape index (κ1) is 11.4. The number of rotatable bonds is 6. The van der Waals surface area contributed by atoms with E-state index in [9.17, 15) is 9.59 Å². The van der Waals surface area contributed by atoms with Crippen molar-refractivity contribution in [3.05, 3.63) is 0 Å². The fourth-order valence-electron chi connectivity index (χ4n) is 1.78. The average Bonchev–Trinajstić information content (AvgIpc) is 2.84. The van der Waals surface area contributed by atoms with Crippen LogP contribution in [-0.4, -0.2) is 27.9 Å². The first-order chi connectivity index (χ1) is 6.57. The molecule has 3 atom stereocenters. The molecular formula is C9H14O4S. The van der Waals surface area contributed by atoms with E-state index in [1.807, 2.05) is 0 Å². The second kappa shape index (κ2) is 4.68. The SMILES string of the molecule is O=C(O)C(CCCS)C1CC1C(=O)O. The Morgan fingerprint density at radius 1 is 1.43 bits per heavy atom. The zero-order valence-corrected chi connectivity index (χ0v) is 8.61. The molecule has 4 nitrogen and oxygen atoms in total. The number of carboxylic acids is 2. The molecule has 0 bridgehead atoms. The van der Waals surface area contributed by atoms with Crippen molar-refractivity contribution in [1.29, 1.82) is 0 Å². The molecule has 0 aromatic rings. The predicted molar refractivity (Wildman–Crippen MR) is 53.4 cm³/mol. The van der Waals surface area contributed by atoms with Crippen molar-refractivity contribution >= 4 is 24.6 Å². The normalized spacial score (nSPS) is 26.9. The standard InChI is InChI=1S/C9H14O4S/c10-8(11)5(2-1-3-14)6-4-7(6)9(12)13/h5-7,14H,1-4H2,(H,10,11)(H,12,13). The third-order valence-electron chi connectivity index (χ3n) is 2.66. The Morgan fingerprint density at radius 2 is 2.07 bits per heavy atom. The summed E-state index contributed by atoms with van der Waals surface area (Å²) in [6, 6.07) is 0. The summed E-state index contributed by atoms with van der Waals surface area (Å²) in [6.45, 7) is 0. The zero-order chi connectivity index (χ0) is 10.7. The summed E-state index contributed by atoms with van der Waals surface area (Å²) < 4.78 is 0. The van der Waals surface area contributed by atoms with Crippen LogP contribution in [0.3, 0.4) is 0 Å². The quantitative estimate of drug-likeness (QED) is 0.584. The summed E-state index contributed by atoms with van der Waals surface area (Å²) in [5.41, 5.74) is 0. The highest BCUT2D eigenvalue weighted by Gasteiger charge is 2.49. The molecule has 5 heteroatoms. The van der Waals surface area contributed by atoms with Gasteiger partial charge in [0.05, 0.1) is 11.8 Å². The van der Waals surface area contributed by atoms with Crippen LogP contribution in [0.1, 0.15) is 19.3 Å². The fourth-order valence-corrected chi connectivity index (χ4v) is 1.96. The number of hydrogen-bond donors (Lipinski definition) is 3. The zero-order valence-electron chi connectivity index (χ0n) is 7.72. The van der Waals surface area contributed by atoms with Crippen LogP contribution in [0.15, 0.2) is 0 Å². The Balaban J connectivity index is 2.45. The minimum Gasteiger partial charge on any atom is -0.481 e. The van der Waals surface area contributed by atoms with Crippen LogP contribution in [0.2, 0.25) is 0 Å². The molecule has 0 aromatic carbocycles. The van der Waals surface area contributed by atoms with Crippen LogP contribution in [0.4, 0.5) is 0 Å². The van der Waals surface area contributed by atoms with Gasteiger partial charge in [0.25, 0.3) is 0 Å². The number of thiol groups is 1. The van der Waals surface area contributed by atoms with E-state index in [0.29, 0.717) is 18.6 Å². The fraction of sp³-hybridized carbons (Fsp3) is 0.778. The smallest absolute Gasteiger partial charge is 0.306 e. The molecule has 14 heavy (non-hydrogen) atoms. The lowest BCUT2D eigenvalue weighted by Crippen LogP contribution is -2.18. The summed E-state index contributed by atoms with van der Waals surface area (Å²) in [5.74, 6) is -2.19. The van der Waals surface area contributed by atoms with E-state index in [1.54, 1.807) is 0 Å². The Kier molecular flexibility index (Phi) is 3.80. The highest BCUT2D eigenvalue weighted by Crippen LogP contribution is 2.46. The molecule has 1 aliphatic carbocycles. The molecule has 3 unspecified atom stereocenters. The van der Waals surface area contributed by atoms with Crippen molar-refractivity contribution < 1.29 is 19.8 Å². The van der Waals surface area contributed by atoms with Crippen LogP contribution >= 0.6 is 12.6 Å². The van der Waals surface area contributed by atoms with Gasteiger partial charge in [0.1, 0.15) is 0 Å². The van der Waals surface area contributed by atoms with E-state index >= 15 is 0 Å². The van der Waals surface area contributed by atoms with Crippen LogP contribution in [0, 0.1) is 17.8 Å². The van der Waals surface area contributed by atoms with E-state index in [2.05, 4.69) is 12.6 Å². The summed E-state index contributed by atoms with van der Waals surface area (Å²) >= 11 is 4.01. The van der Waals surface area contributed by atoms with Crippen molar-refractivity contribution in [1.82, 2.24) is 0 Å². The van der Waals surface area contributed by atoms with Crippen molar-refractivity contribution in [2.24, 2.45) is 17.8 Å². The second-order valence-corrected chi connectivity index (χ2v) is 4.10. The summed E-state index contributed by atoms with van der Waals surface area (Å²) in [4.78, 5) is 21.4. The van der Waals surface area contributed by atoms with Crippen LogP contribution in [0.5, 0.6) is 0 Å². The summed E-state index contributed by atoms with van der Waals surface area (Å²) in [7, 11) is 0. The molecule has 1 saturated carbocycles. The maximum atomic E-state index is 10.8. The maximum absolute atomic E-state index is 10.8. The van der Waals surface area contributed by atoms with Gasteiger partial charge in [0, 0.05) is 0 Å². The molecule has 0 aliphatic heterocycles. The molecule has 0 spiro atoms. The van der Waals surface area contributed by atoms with Crippen molar-refractivity contribution in [3.8, 4) is 0 Å². The van der Waals surface area contributed by atoms with Crippen LogP contribution in [0.25, 0.3) is 0 Å². The molecule has 1 rings (SSSR count). The summed E-state index contributed by atoms with van der Waals surface area (Å²) in [5, 5.41) is 17.6. The van der Waals surface area contributed by atoms with Gasteiger partial charge in [-0.15, -0.1) is 0 Å². The minimum atomic E-state index is -0.875. The Hall–Kier alpha value is -0.710. The lowest BCUT2D eigenvalue weighted by Gasteiger charge is -2.09. The molecule has 2 N–H and O–H groups in total. The monoisotopic (exact) mass is 218 g/mol. The van der Waals surface area contributed by atoms with Gasteiger partial charge in [-0.1, -0.05) is 0 Å². The van der Waals surface area contributed by atoms with Gasteiger partial charge in [0.2, 0.25) is 0 Å². The van der Waals surface area contributed by atoms with Crippen LogP contribution < -0.4 is 0 Å². The number of hydrogen-bond acceptors (Lipinski definition) is 3. The molecule has 0 saturated heterocycles. The van der Waals surface area contributed by atoms with E-state index in [1.165, 1.54) is 0 Å². The van der Waals surface area contributed by atoms with Gasteiger partial charge >= 0.3 is 11.9 Å². The minimum absolute atomic E-state index is 0.162. The highest BCUT2D eigenvalue weighted by molar-refractivity contribution is 7.80. The molecule has 0 amide bonds. The second-order valence-electron chi connectivity index (χ2n) is 3.65. The first-order valence-corrected chi connectivity index (χ1v) is 5.27. The first-order valence-electron chi connectivity index (χ1n) is 4.64. The number of carbonyl (C=O) groups is 2. The van der Waals surface area contributed by atoms with E-state index in [-0.39, 0.29) is 5.92 Å². The van der Waals surface area contributed by atoms with E-state index < -0.39 is 23.8 Å². The Bertz CT molecular complexity index is 241. The third kappa shape index (κ3) is 2.64. The molecule has 0 heterocycles. The van der Waals surface area contributed by atoms with Gasteiger partial charge < -0.3 is 10.2 Å². The molecular weight excluding hydrogens is 204 g/mol. The largest absolute Gasteiger partial charge is 0.481 e. The van der Waals surface area contributed by atoms with Gasteiger partial charge in [0.15, 0.2) is 0 Å². The van der Waals surface area contributed by atoms with E-state index in [0.717, 1.165) is 6.42 Å². The Morgan fingerprint density at radius 3 is 2.43 bits per heavy atom. The lowest BCUT2D eigenvalue weighted by atomic mass is 9.97. The maximum Gasteiger partial charge on any atom is 0.306 e. The Labute approximate surface area is 87.7 Å². The molecule has 0 aromatic heterocycles. The van der Waals surface area contributed by atoms with Crippen molar-refractivity contribution in [2.45, 2.75) is 19.3 Å². The lowest BCUT2D eigenvalue weighted by molar-refractivity contribution is -0.143. The van der Waals surface area contributed by atoms with Gasteiger partial charge in [-0.3, -0.25) is 9.59 Å². The molecule has 1 fully saturated rings. The number of aliphatic carboxylic acids is 2. The van der Waals surface area contributed by atoms with Crippen molar-refractivity contribution in [2.75, 3.05) is 5.75 Å². The van der Waals surface area contributed by atoms with Crippen LogP contribution in [-0.2, 0) is 9.59 Å². The molecule has 1 aliphatic rings. The van der Waals surface area contributed by atoms with Gasteiger partial charge in [-0.2, -0.15) is 12.6 Å². The predicted octanol–water partition coefficient (Wildman–Crippen LogP) is 1.12. The molecule has 80 valence electrons. The van der Waals surface area contributed by atoms with E-state index in [4.69, 9.17) is 10.2 Å². The van der Waals surface area contributed by atoms with Gasteiger partial charge in [-0.25, -0.2) is 0 Å². The van der Waals surface area contributed by atoms with Gasteiger partial charge in [-0.05, 0) is 30.9 Å². The average molecular weight is 218 g/mol. The highest BCUT2D eigenvalue weighted by atomic mass is 32.1. The third-order valence-corrected chi connectivity index (χ3v) is 2.98. The topological polar surface area (TPSA) is 74.6 Å². The molecule has 0 radical (unpaired) electrons.